The van der Waals surface area contributed by atoms with Crippen LogP contribution in [0.25, 0.3) is 0 Å². The van der Waals surface area contributed by atoms with Gasteiger partial charge in [0.05, 0.1) is 6.54 Å². The van der Waals surface area contributed by atoms with Crippen LogP contribution in [-0.4, -0.2) is 32.6 Å². The van der Waals surface area contributed by atoms with Crippen LogP contribution in [0.15, 0.2) is 30.7 Å². The molecule has 96 valence electrons. The Morgan fingerprint density at radius 3 is 2.95 bits per heavy atom. The number of aliphatic hydroxyl groups is 1. The molecule has 2 rings (SSSR count). The number of aromatic nitrogens is 3. The van der Waals surface area contributed by atoms with E-state index in [2.05, 4.69) is 32.1 Å². The maximum atomic E-state index is 11.8. The van der Waals surface area contributed by atoms with Crippen LogP contribution in [-0.2, 0) is 6.54 Å². The molecule has 3 N–H and O–H groups in total. The Morgan fingerprint density at radius 2 is 2.32 bits per heavy atom. The molecule has 0 aromatic carbocycles. The van der Waals surface area contributed by atoms with Gasteiger partial charge >= 0.3 is 0 Å². The minimum atomic E-state index is -0.280. The monoisotopic (exact) mass is 256 g/mol. The fraction of sp³-hybridized carbons (Fsp3) is 0.154. The number of hydrogen-bond acceptors (Lipinski definition) is 4. The van der Waals surface area contributed by atoms with Crippen LogP contribution < -0.4 is 5.32 Å². The number of hydrogen-bond donors (Lipinski definition) is 3. The quantitative estimate of drug-likeness (QED) is 0.678. The highest BCUT2D eigenvalue weighted by Crippen LogP contribution is 1.99. The second-order valence-electron chi connectivity index (χ2n) is 3.61. The van der Waals surface area contributed by atoms with Crippen molar-refractivity contribution >= 4 is 5.91 Å². The van der Waals surface area contributed by atoms with E-state index in [0.29, 0.717) is 23.6 Å². The number of aromatic amines is 1. The van der Waals surface area contributed by atoms with Crippen LogP contribution in [0.3, 0.4) is 0 Å². The molecule has 6 heteroatoms. The largest absolute Gasteiger partial charge is 0.384 e. The van der Waals surface area contributed by atoms with Gasteiger partial charge in [-0.15, -0.1) is 0 Å². The molecule has 2 aromatic rings. The van der Waals surface area contributed by atoms with E-state index >= 15 is 0 Å². The number of nitrogens with one attached hydrogen (secondary N) is 2. The molecule has 0 atom stereocenters. The van der Waals surface area contributed by atoms with Gasteiger partial charge in [-0.25, -0.2) is 9.97 Å². The maximum absolute atomic E-state index is 11.8. The first kappa shape index (κ1) is 12.8. The number of imidazole rings is 1. The molecule has 0 bridgehead atoms. The van der Waals surface area contributed by atoms with Gasteiger partial charge in [-0.2, -0.15) is 0 Å². The second kappa shape index (κ2) is 6.33. The summed E-state index contributed by atoms with van der Waals surface area (Å²) in [5.74, 6) is 5.62. The van der Waals surface area contributed by atoms with E-state index in [0.717, 1.165) is 0 Å². The molecule has 0 saturated heterocycles. The number of aliphatic hydroxyl groups excluding tert-OH is 1. The smallest absolute Gasteiger partial charge is 0.270 e. The molecule has 0 aliphatic heterocycles. The van der Waals surface area contributed by atoms with Crippen molar-refractivity contribution in [1.29, 1.82) is 0 Å². The predicted molar refractivity (Wildman–Crippen MR) is 68.0 cm³/mol. The Hall–Kier alpha value is -2.65. The number of pyridine rings is 1. The van der Waals surface area contributed by atoms with E-state index in [1.165, 1.54) is 6.20 Å². The van der Waals surface area contributed by atoms with Gasteiger partial charge in [-0.1, -0.05) is 11.8 Å². The van der Waals surface area contributed by atoms with Crippen LogP contribution in [0.1, 0.15) is 21.9 Å². The topological polar surface area (TPSA) is 90.9 Å². The highest BCUT2D eigenvalue weighted by atomic mass is 16.2. The fourth-order valence-corrected chi connectivity index (χ4v) is 1.39. The molecule has 19 heavy (non-hydrogen) atoms. The zero-order chi connectivity index (χ0) is 13.5. The van der Waals surface area contributed by atoms with Gasteiger partial charge in [-0.3, -0.25) is 4.79 Å². The zero-order valence-electron chi connectivity index (χ0n) is 10.1. The number of H-pyrrole nitrogens is 1. The van der Waals surface area contributed by atoms with E-state index in [9.17, 15) is 4.79 Å². The van der Waals surface area contributed by atoms with Gasteiger partial charge in [0.1, 0.15) is 18.1 Å². The molecule has 1 amide bonds. The lowest BCUT2D eigenvalue weighted by Gasteiger charge is -2.02. The Morgan fingerprint density at radius 1 is 1.42 bits per heavy atom. The molecule has 2 heterocycles. The van der Waals surface area contributed by atoms with Crippen LogP contribution in [0.5, 0.6) is 0 Å². The van der Waals surface area contributed by atoms with Gasteiger partial charge < -0.3 is 15.4 Å². The lowest BCUT2D eigenvalue weighted by atomic mass is 10.2. The third-order valence-electron chi connectivity index (χ3n) is 2.28. The van der Waals surface area contributed by atoms with Crippen LogP contribution in [0, 0.1) is 11.8 Å². The molecule has 0 aliphatic rings. The Balaban J connectivity index is 1.95. The van der Waals surface area contributed by atoms with Crippen molar-refractivity contribution in [3.8, 4) is 11.8 Å². The van der Waals surface area contributed by atoms with Gasteiger partial charge in [0.2, 0.25) is 0 Å². The van der Waals surface area contributed by atoms with E-state index in [1.807, 2.05) is 0 Å². The summed E-state index contributed by atoms with van der Waals surface area (Å²) in [5.41, 5.74) is 0.956. The number of rotatable bonds is 3. The SMILES string of the molecule is O=C(NCc1ncc[nH]1)c1ccc(C#CCO)cn1. The Labute approximate surface area is 109 Å². The molecular formula is C13H12N4O2. The summed E-state index contributed by atoms with van der Waals surface area (Å²) in [6.45, 7) is 0.116. The molecular weight excluding hydrogens is 244 g/mol. The summed E-state index contributed by atoms with van der Waals surface area (Å²) in [6.07, 6.45) is 4.80. The van der Waals surface area contributed by atoms with Crippen molar-refractivity contribution in [3.05, 3.63) is 47.8 Å². The van der Waals surface area contributed by atoms with Crippen LogP contribution in [0.2, 0.25) is 0 Å². The van der Waals surface area contributed by atoms with E-state index < -0.39 is 0 Å². The molecule has 0 aliphatic carbocycles. The van der Waals surface area contributed by atoms with Gasteiger partial charge in [-0.05, 0) is 12.1 Å². The fourth-order valence-electron chi connectivity index (χ4n) is 1.39. The molecule has 6 nitrogen and oxygen atoms in total. The van der Waals surface area contributed by atoms with Gasteiger partial charge in [0.15, 0.2) is 0 Å². The average molecular weight is 256 g/mol. The van der Waals surface area contributed by atoms with E-state index in [1.54, 1.807) is 24.5 Å². The van der Waals surface area contributed by atoms with Crippen molar-refractivity contribution in [2.24, 2.45) is 0 Å². The molecule has 0 radical (unpaired) electrons. The summed E-state index contributed by atoms with van der Waals surface area (Å²) in [4.78, 5) is 22.7. The van der Waals surface area contributed by atoms with Gasteiger partial charge in [0, 0.05) is 24.2 Å². The normalized spacial score (nSPS) is 9.53. The summed E-state index contributed by atoms with van der Waals surface area (Å²) in [7, 11) is 0. The van der Waals surface area contributed by atoms with E-state index in [-0.39, 0.29) is 12.5 Å². The lowest BCUT2D eigenvalue weighted by molar-refractivity contribution is 0.0945. The Bertz CT molecular complexity index is 594. The summed E-state index contributed by atoms with van der Waals surface area (Å²) >= 11 is 0. The Kier molecular flexibility index (Phi) is 4.26. The first-order valence-corrected chi connectivity index (χ1v) is 5.62. The number of carbonyl (C=O) groups excluding carboxylic acids is 1. The standard InChI is InChI=1S/C13H12N4O2/c18-7-1-2-10-3-4-11(16-8-10)13(19)17-9-12-14-5-6-15-12/h3-6,8,18H,7,9H2,(H,14,15)(H,17,19). The third-order valence-corrected chi connectivity index (χ3v) is 2.28. The second-order valence-corrected chi connectivity index (χ2v) is 3.61. The van der Waals surface area contributed by atoms with Crippen LogP contribution >= 0.6 is 0 Å². The molecule has 0 fully saturated rings. The zero-order valence-corrected chi connectivity index (χ0v) is 10.1. The highest BCUT2D eigenvalue weighted by molar-refractivity contribution is 5.92. The summed E-state index contributed by atoms with van der Waals surface area (Å²) in [5, 5.41) is 11.3. The highest BCUT2D eigenvalue weighted by Gasteiger charge is 2.06. The first-order valence-electron chi connectivity index (χ1n) is 5.62. The maximum Gasteiger partial charge on any atom is 0.270 e. The van der Waals surface area contributed by atoms with Crippen molar-refractivity contribution in [2.45, 2.75) is 6.54 Å². The molecule has 2 aromatic heterocycles. The molecule has 0 unspecified atom stereocenters. The first-order chi connectivity index (χ1) is 9.29. The van der Waals surface area contributed by atoms with E-state index in [4.69, 9.17) is 5.11 Å². The molecule has 0 spiro atoms. The minimum Gasteiger partial charge on any atom is -0.384 e. The van der Waals surface area contributed by atoms with Crippen molar-refractivity contribution in [1.82, 2.24) is 20.3 Å². The number of amides is 1. The van der Waals surface area contributed by atoms with Crippen LogP contribution in [0.4, 0.5) is 0 Å². The number of nitrogens with zero attached hydrogens (tertiary/aromatic N) is 2. The predicted octanol–water partition coefficient (Wildman–Crippen LogP) is 0.0785. The molecule has 0 saturated carbocycles. The minimum absolute atomic E-state index is 0.203. The number of carbonyl (C=O) groups is 1. The average Bonchev–Trinajstić information content (AvgIpc) is 2.96. The lowest BCUT2D eigenvalue weighted by Crippen LogP contribution is -2.24. The summed E-state index contributed by atoms with van der Waals surface area (Å²) < 4.78 is 0. The van der Waals surface area contributed by atoms with Crippen molar-refractivity contribution in [2.75, 3.05) is 6.61 Å². The van der Waals surface area contributed by atoms with Crippen molar-refractivity contribution in [3.63, 3.8) is 0 Å². The van der Waals surface area contributed by atoms with Gasteiger partial charge in [0.25, 0.3) is 5.91 Å². The van der Waals surface area contributed by atoms with Crippen molar-refractivity contribution < 1.29 is 9.90 Å². The third kappa shape index (κ3) is 3.66. The summed E-state index contributed by atoms with van der Waals surface area (Å²) in [6, 6.07) is 3.26.